The number of nitrogens with zero attached hydrogens (tertiary/aromatic N) is 3. The zero-order valence-electron chi connectivity index (χ0n) is 20.2. The van der Waals surface area contributed by atoms with Gasteiger partial charge in [-0.1, -0.05) is 90.5 Å². The van der Waals surface area contributed by atoms with Gasteiger partial charge in [0.05, 0.1) is 18.4 Å². The highest BCUT2D eigenvalue weighted by Crippen LogP contribution is 2.23. The van der Waals surface area contributed by atoms with Gasteiger partial charge in [-0.25, -0.2) is 4.98 Å². The summed E-state index contributed by atoms with van der Waals surface area (Å²) in [4.78, 5) is 17.0. The number of benzene rings is 3. The van der Waals surface area contributed by atoms with Crippen molar-refractivity contribution >= 4 is 5.91 Å². The predicted octanol–water partition coefficient (Wildman–Crippen LogP) is 5.81. The molecule has 36 heavy (non-hydrogen) atoms. The summed E-state index contributed by atoms with van der Waals surface area (Å²) < 4.78 is 7.78. The summed E-state index contributed by atoms with van der Waals surface area (Å²) in [6, 6.07) is 28.4. The molecule has 0 bridgehead atoms. The third kappa shape index (κ3) is 5.78. The van der Waals surface area contributed by atoms with Gasteiger partial charge in [-0.05, 0) is 12.5 Å². The maximum atomic E-state index is 12.6. The first-order chi connectivity index (χ1) is 17.6. The van der Waals surface area contributed by atoms with Gasteiger partial charge in [-0.15, -0.1) is 0 Å². The molecular weight excluding hydrogens is 448 g/mol. The van der Waals surface area contributed by atoms with Gasteiger partial charge in [0.15, 0.2) is 11.7 Å². The summed E-state index contributed by atoms with van der Waals surface area (Å²) in [5.74, 6) is 1.21. The van der Waals surface area contributed by atoms with Crippen LogP contribution in [-0.2, 0) is 24.3 Å². The van der Waals surface area contributed by atoms with Gasteiger partial charge in [-0.3, -0.25) is 9.48 Å². The molecule has 6 nitrogen and oxygen atoms in total. The van der Waals surface area contributed by atoms with Gasteiger partial charge < -0.3 is 9.73 Å². The molecule has 1 amide bonds. The summed E-state index contributed by atoms with van der Waals surface area (Å²) in [5, 5.41) is 7.86. The van der Waals surface area contributed by atoms with Gasteiger partial charge >= 0.3 is 0 Å². The Balaban J connectivity index is 1.22. The van der Waals surface area contributed by atoms with E-state index in [0.717, 1.165) is 22.4 Å². The van der Waals surface area contributed by atoms with Crippen LogP contribution in [0.4, 0.5) is 0 Å². The predicted molar refractivity (Wildman–Crippen MR) is 140 cm³/mol. The molecule has 0 radical (unpaired) electrons. The largest absolute Gasteiger partial charge is 0.441 e. The Kier molecular flexibility index (Phi) is 7.03. The second-order valence-electron chi connectivity index (χ2n) is 8.81. The number of oxazole rings is 1. The number of carbonyl (C=O) groups excluding carboxylic acids is 1. The van der Waals surface area contributed by atoms with Gasteiger partial charge in [-0.2, -0.15) is 5.10 Å². The highest BCUT2D eigenvalue weighted by atomic mass is 16.4. The fourth-order valence-electron chi connectivity index (χ4n) is 4.06. The Morgan fingerprint density at radius 3 is 2.39 bits per heavy atom. The van der Waals surface area contributed by atoms with Crippen LogP contribution < -0.4 is 5.32 Å². The average molecular weight is 477 g/mol. The number of carbonyl (C=O) groups is 1. The van der Waals surface area contributed by atoms with Crippen molar-refractivity contribution in [3.8, 4) is 22.6 Å². The number of amides is 1. The van der Waals surface area contributed by atoms with E-state index in [4.69, 9.17) is 9.52 Å². The van der Waals surface area contributed by atoms with E-state index >= 15 is 0 Å². The van der Waals surface area contributed by atoms with Crippen LogP contribution in [0.5, 0.6) is 0 Å². The minimum absolute atomic E-state index is 0.0556. The highest BCUT2D eigenvalue weighted by molar-refractivity contribution is 5.76. The first-order valence-electron chi connectivity index (χ1n) is 12.1. The van der Waals surface area contributed by atoms with Crippen molar-refractivity contribution in [1.82, 2.24) is 20.1 Å². The molecule has 2 aromatic heterocycles. The molecule has 0 saturated heterocycles. The molecule has 0 aliphatic carbocycles. The van der Waals surface area contributed by atoms with E-state index in [0.29, 0.717) is 37.6 Å². The highest BCUT2D eigenvalue weighted by Gasteiger charge is 2.14. The molecule has 6 heteroatoms. The fourth-order valence-corrected chi connectivity index (χ4v) is 4.06. The summed E-state index contributed by atoms with van der Waals surface area (Å²) in [6.07, 6.45) is 4.46. The molecule has 0 atom stereocenters. The van der Waals surface area contributed by atoms with E-state index in [1.807, 2.05) is 90.6 Å². The molecule has 0 fully saturated rings. The first-order valence-corrected chi connectivity index (χ1v) is 12.1. The van der Waals surface area contributed by atoms with Crippen LogP contribution in [0.1, 0.15) is 29.0 Å². The van der Waals surface area contributed by atoms with Crippen LogP contribution in [0.3, 0.4) is 0 Å². The number of nitrogens with one attached hydrogen (secondary N) is 1. The standard InChI is InChI=1S/C30H28N4O2/c1-22-12-14-24(15-13-22)27-19-32-29(36-27)17-16-28(35)31-18-26-21-34(20-23-8-4-2-5-9-23)33-30(26)25-10-6-3-7-11-25/h2-15,19,21H,16-18,20H2,1H3,(H,31,35). The molecule has 2 heterocycles. The topological polar surface area (TPSA) is 73.0 Å². The Labute approximate surface area is 210 Å². The van der Waals surface area contributed by atoms with E-state index in [-0.39, 0.29) is 5.91 Å². The number of aryl methyl sites for hydroxylation is 2. The van der Waals surface area contributed by atoms with E-state index in [1.54, 1.807) is 6.20 Å². The molecule has 0 aliphatic heterocycles. The normalized spacial score (nSPS) is 10.9. The Hall–Kier alpha value is -4.45. The second-order valence-corrected chi connectivity index (χ2v) is 8.81. The van der Waals surface area contributed by atoms with Crippen molar-refractivity contribution in [2.24, 2.45) is 0 Å². The third-order valence-electron chi connectivity index (χ3n) is 6.00. The van der Waals surface area contributed by atoms with Crippen LogP contribution in [0.15, 0.2) is 102 Å². The first kappa shape index (κ1) is 23.3. The quantitative estimate of drug-likeness (QED) is 0.291. The van der Waals surface area contributed by atoms with Gasteiger partial charge in [0, 0.05) is 42.3 Å². The van der Waals surface area contributed by atoms with E-state index in [1.165, 1.54) is 11.1 Å². The molecule has 0 saturated carbocycles. The average Bonchev–Trinajstić information content (AvgIpc) is 3.55. The zero-order valence-corrected chi connectivity index (χ0v) is 20.2. The maximum Gasteiger partial charge on any atom is 0.220 e. The molecule has 1 N–H and O–H groups in total. The summed E-state index contributed by atoms with van der Waals surface area (Å²) >= 11 is 0. The lowest BCUT2D eigenvalue weighted by atomic mass is 10.1. The van der Waals surface area contributed by atoms with Crippen molar-refractivity contribution in [3.63, 3.8) is 0 Å². The summed E-state index contributed by atoms with van der Waals surface area (Å²) in [5.41, 5.74) is 6.22. The van der Waals surface area contributed by atoms with Crippen LogP contribution >= 0.6 is 0 Å². The van der Waals surface area contributed by atoms with Crippen LogP contribution in [0.2, 0.25) is 0 Å². The molecule has 0 aliphatic rings. The molecule has 0 spiro atoms. The van der Waals surface area contributed by atoms with Crippen LogP contribution in [0.25, 0.3) is 22.6 Å². The summed E-state index contributed by atoms with van der Waals surface area (Å²) in [7, 11) is 0. The zero-order chi connectivity index (χ0) is 24.7. The lowest BCUT2D eigenvalue weighted by molar-refractivity contribution is -0.121. The molecule has 0 unspecified atom stereocenters. The molecule has 180 valence electrons. The Bertz CT molecular complexity index is 1420. The third-order valence-corrected chi connectivity index (χ3v) is 6.00. The molecule has 3 aromatic carbocycles. The molecule has 5 aromatic rings. The number of aromatic nitrogens is 3. The number of hydrogen-bond acceptors (Lipinski definition) is 4. The van der Waals surface area contributed by atoms with Gasteiger partial charge in [0.1, 0.15) is 0 Å². The minimum Gasteiger partial charge on any atom is -0.441 e. The van der Waals surface area contributed by atoms with E-state index in [2.05, 4.69) is 22.4 Å². The number of hydrogen-bond donors (Lipinski definition) is 1. The number of rotatable bonds is 9. The maximum absolute atomic E-state index is 12.6. The van der Waals surface area contributed by atoms with Crippen molar-refractivity contribution < 1.29 is 9.21 Å². The monoisotopic (exact) mass is 476 g/mol. The van der Waals surface area contributed by atoms with Crippen LogP contribution in [0, 0.1) is 6.92 Å². The van der Waals surface area contributed by atoms with Crippen LogP contribution in [-0.4, -0.2) is 20.7 Å². The SMILES string of the molecule is Cc1ccc(-c2cnc(CCC(=O)NCc3cn(Cc4ccccc4)nc3-c3ccccc3)o2)cc1. The van der Waals surface area contributed by atoms with Crippen molar-refractivity contribution in [2.45, 2.75) is 32.9 Å². The lowest BCUT2D eigenvalue weighted by Crippen LogP contribution is -2.23. The van der Waals surface area contributed by atoms with Crippen molar-refractivity contribution in [3.05, 3.63) is 120 Å². The van der Waals surface area contributed by atoms with Gasteiger partial charge in [0.2, 0.25) is 5.91 Å². The lowest BCUT2D eigenvalue weighted by Gasteiger charge is -2.05. The minimum atomic E-state index is -0.0556. The second kappa shape index (κ2) is 10.9. The van der Waals surface area contributed by atoms with E-state index in [9.17, 15) is 4.79 Å². The molecular formula is C30H28N4O2. The smallest absolute Gasteiger partial charge is 0.220 e. The fraction of sp³-hybridized carbons (Fsp3) is 0.167. The van der Waals surface area contributed by atoms with Gasteiger partial charge in [0.25, 0.3) is 0 Å². The van der Waals surface area contributed by atoms with Crippen molar-refractivity contribution in [2.75, 3.05) is 0 Å². The van der Waals surface area contributed by atoms with E-state index < -0.39 is 0 Å². The Morgan fingerprint density at radius 2 is 1.64 bits per heavy atom. The molecule has 5 rings (SSSR count). The summed E-state index contributed by atoms with van der Waals surface area (Å²) in [6.45, 7) is 3.12. The Morgan fingerprint density at radius 1 is 0.917 bits per heavy atom. The van der Waals surface area contributed by atoms with Crippen molar-refractivity contribution in [1.29, 1.82) is 0 Å².